The first-order chi connectivity index (χ1) is 17.6. The molecule has 0 spiro atoms. The number of methoxy groups -OCH3 is 1. The Morgan fingerprint density at radius 3 is 2.81 bits per heavy atom. The van der Waals surface area contributed by atoms with Crippen molar-refractivity contribution >= 4 is 34.9 Å². The Morgan fingerprint density at radius 1 is 1.17 bits per heavy atom. The number of para-hydroxylation sites is 1. The number of ether oxygens (including phenoxy) is 2. The van der Waals surface area contributed by atoms with Gasteiger partial charge in [0.05, 0.1) is 45.0 Å². The monoisotopic (exact) mass is 485 g/mol. The van der Waals surface area contributed by atoms with Crippen LogP contribution in [0.15, 0.2) is 60.0 Å². The molecule has 184 valence electrons. The topological polar surface area (TPSA) is 107 Å². The van der Waals surface area contributed by atoms with Gasteiger partial charge in [0.25, 0.3) is 0 Å². The Hall–Kier alpha value is -4.31. The molecule has 10 heteroatoms. The van der Waals surface area contributed by atoms with Gasteiger partial charge in [-0.25, -0.2) is 4.98 Å². The van der Waals surface area contributed by atoms with Gasteiger partial charge in [0.2, 0.25) is 5.95 Å². The molecular formula is C26H27N7O3. The first-order valence-corrected chi connectivity index (χ1v) is 11.7. The SMILES string of the molecule is COc1ccccc1C(=O)Cn1cnc2c(NN=Cc3cccc(C)c3)nc(N3CCOCC3)nc21. The van der Waals surface area contributed by atoms with E-state index >= 15 is 0 Å². The molecule has 0 unspecified atom stereocenters. The number of fused-ring (bicyclic) bond motifs is 1. The first kappa shape index (κ1) is 23.4. The highest BCUT2D eigenvalue weighted by molar-refractivity contribution is 5.99. The predicted molar refractivity (Wildman–Crippen MR) is 138 cm³/mol. The molecule has 2 aromatic carbocycles. The highest BCUT2D eigenvalue weighted by Gasteiger charge is 2.21. The van der Waals surface area contributed by atoms with Crippen molar-refractivity contribution < 1.29 is 14.3 Å². The number of benzene rings is 2. The number of imidazole rings is 1. The fraction of sp³-hybridized carbons (Fsp3) is 0.269. The molecular weight excluding hydrogens is 458 g/mol. The Balaban J connectivity index is 1.48. The minimum absolute atomic E-state index is 0.0580. The molecule has 1 aliphatic rings. The molecule has 0 bridgehead atoms. The van der Waals surface area contributed by atoms with Crippen molar-refractivity contribution in [2.24, 2.45) is 5.10 Å². The van der Waals surface area contributed by atoms with Crippen LogP contribution < -0.4 is 15.1 Å². The quantitative estimate of drug-likeness (QED) is 0.230. The van der Waals surface area contributed by atoms with Crippen LogP contribution in [0.25, 0.3) is 11.2 Å². The molecule has 2 aromatic heterocycles. The van der Waals surface area contributed by atoms with Gasteiger partial charge >= 0.3 is 0 Å². The van der Waals surface area contributed by atoms with Crippen LogP contribution in [0, 0.1) is 6.92 Å². The van der Waals surface area contributed by atoms with Crippen molar-refractivity contribution in [3.05, 3.63) is 71.5 Å². The summed E-state index contributed by atoms with van der Waals surface area (Å²) < 4.78 is 12.6. The molecule has 0 aliphatic carbocycles. The number of rotatable bonds is 8. The van der Waals surface area contributed by atoms with E-state index in [1.54, 1.807) is 36.4 Å². The second-order valence-electron chi connectivity index (χ2n) is 8.42. The molecule has 5 rings (SSSR count). The number of carbonyl (C=O) groups excluding carboxylic acids is 1. The maximum Gasteiger partial charge on any atom is 0.229 e. The summed E-state index contributed by atoms with van der Waals surface area (Å²) in [6.45, 7) is 4.63. The molecule has 1 fully saturated rings. The Bertz CT molecular complexity index is 1410. The third-order valence-corrected chi connectivity index (χ3v) is 5.89. The van der Waals surface area contributed by atoms with Crippen molar-refractivity contribution in [3.8, 4) is 5.75 Å². The van der Waals surface area contributed by atoms with Crippen LogP contribution in [0.1, 0.15) is 21.5 Å². The minimum atomic E-state index is -0.106. The lowest BCUT2D eigenvalue weighted by Crippen LogP contribution is -2.37. The number of hydrazone groups is 1. The zero-order chi connectivity index (χ0) is 24.9. The summed E-state index contributed by atoms with van der Waals surface area (Å²) in [4.78, 5) is 29.2. The van der Waals surface area contributed by atoms with E-state index in [4.69, 9.17) is 19.4 Å². The van der Waals surface area contributed by atoms with Gasteiger partial charge in [0.15, 0.2) is 22.8 Å². The van der Waals surface area contributed by atoms with E-state index in [0.29, 0.717) is 60.5 Å². The summed E-state index contributed by atoms with van der Waals surface area (Å²) in [6.07, 6.45) is 3.34. The molecule has 0 radical (unpaired) electrons. The largest absolute Gasteiger partial charge is 0.496 e. The number of hydrogen-bond donors (Lipinski definition) is 1. The number of hydrogen-bond acceptors (Lipinski definition) is 9. The molecule has 1 aliphatic heterocycles. The number of aromatic nitrogens is 4. The molecule has 3 heterocycles. The average molecular weight is 486 g/mol. The van der Waals surface area contributed by atoms with Gasteiger partial charge in [-0.3, -0.25) is 10.2 Å². The van der Waals surface area contributed by atoms with Gasteiger partial charge in [-0.05, 0) is 24.6 Å². The number of carbonyl (C=O) groups is 1. The molecule has 0 saturated carbocycles. The Morgan fingerprint density at radius 2 is 2.00 bits per heavy atom. The lowest BCUT2D eigenvalue weighted by molar-refractivity contribution is 0.0970. The zero-order valence-electron chi connectivity index (χ0n) is 20.2. The minimum Gasteiger partial charge on any atom is -0.496 e. The fourth-order valence-electron chi connectivity index (χ4n) is 4.06. The number of aryl methyl sites for hydroxylation is 1. The average Bonchev–Trinajstić information content (AvgIpc) is 3.31. The van der Waals surface area contributed by atoms with Gasteiger partial charge < -0.3 is 18.9 Å². The van der Waals surface area contributed by atoms with E-state index in [2.05, 4.69) is 20.4 Å². The van der Waals surface area contributed by atoms with E-state index in [1.165, 1.54) is 0 Å². The summed E-state index contributed by atoms with van der Waals surface area (Å²) in [5, 5.41) is 4.39. The maximum atomic E-state index is 13.1. The van der Waals surface area contributed by atoms with E-state index < -0.39 is 0 Å². The smallest absolute Gasteiger partial charge is 0.229 e. The predicted octanol–water partition coefficient (Wildman–Crippen LogP) is 3.31. The number of nitrogens with zero attached hydrogens (tertiary/aromatic N) is 6. The standard InChI is InChI=1S/C26H27N7O3/c1-18-6-5-7-19(14-18)15-28-31-24-23-25(30-26(29-24)32-10-12-36-13-11-32)33(17-27-23)16-21(34)20-8-3-4-9-22(20)35-2/h3-9,14-15,17H,10-13,16H2,1-2H3,(H,29,30,31). The van der Waals surface area contributed by atoms with Gasteiger partial charge in [-0.2, -0.15) is 15.1 Å². The van der Waals surface area contributed by atoms with Gasteiger partial charge in [-0.1, -0.05) is 42.0 Å². The molecule has 0 atom stereocenters. The van der Waals surface area contributed by atoms with Crippen LogP contribution in [-0.4, -0.2) is 64.9 Å². The normalized spacial score (nSPS) is 13.9. The van der Waals surface area contributed by atoms with Crippen LogP contribution in [0.5, 0.6) is 5.75 Å². The highest BCUT2D eigenvalue weighted by atomic mass is 16.5. The summed E-state index contributed by atoms with van der Waals surface area (Å²) in [7, 11) is 1.55. The van der Waals surface area contributed by atoms with Crippen LogP contribution in [0.3, 0.4) is 0 Å². The first-order valence-electron chi connectivity index (χ1n) is 11.7. The van der Waals surface area contributed by atoms with Gasteiger partial charge in [0, 0.05) is 13.1 Å². The second kappa shape index (κ2) is 10.5. The number of nitrogens with one attached hydrogen (secondary N) is 1. The third kappa shape index (κ3) is 5.03. The summed E-state index contributed by atoms with van der Waals surface area (Å²) in [5.74, 6) is 1.42. The Labute approximate surface area is 208 Å². The van der Waals surface area contributed by atoms with E-state index in [9.17, 15) is 4.79 Å². The fourth-order valence-corrected chi connectivity index (χ4v) is 4.06. The van der Waals surface area contributed by atoms with Crippen molar-refractivity contribution in [1.82, 2.24) is 19.5 Å². The highest BCUT2D eigenvalue weighted by Crippen LogP contribution is 2.25. The lowest BCUT2D eigenvalue weighted by atomic mass is 10.1. The van der Waals surface area contributed by atoms with Crippen molar-refractivity contribution in [2.75, 3.05) is 43.7 Å². The molecule has 1 saturated heterocycles. The number of morpholine rings is 1. The number of anilines is 2. The van der Waals surface area contributed by atoms with Crippen LogP contribution >= 0.6 is 0 Å². The molecule has 0 amide bonds. The number of ketones is 1. The van der Waals surface area contributed by atoms with Gasteiger partial charge in [0.1, 0.15) is 5.75 Å². The van der Waals surface area contributed by atoms with E-state index in [0.717, 1.165) is 11.1 Å². The Kier molecular flexibility index (Phi) is 6.85. The number of Topliss-reactive ketones (excluding diaryl/α,β-unsaturated/α-hetero) is 1. The summed E-state index contributed by atoms with van der Waals surface area (Å²) in [6, 6.07) is 15.2. The van der Waals surface area contributed by atoms with Crippen LogP contribution in [-0.2, 0) is 11.3 Å². The summed E-state index contributed by atoms with van der Waals surface area (Å²) >= 11 is 0. The molecule has 4 aromatic rings. The zero-order valence-corrected chi connectivity index (χ0v) is 20.2. The van der Waals surface area contributed by atoms with E-state index in [-0.39, 0.29) is 12.3 Å². The molecule has 1 N–H and O–H groups in total. The second-order valence-corrected chi connectivity index (χ2v) is 8.42. The van der Waals surface area contributed by atoms with Crippen molar-refractivity contribution in [3.63, 3.8) is 0 Å². The molecule has 36 heavy (non-hydrogen) atoms. The van der Waals surface area contributed by atoms with Gasteiger partial charge in [-0.15, -0.1) is 0 Å². The lowest BCUT2D eigenvalue weighted by Gasteiger charge is -2.27. The summed E-state index contributed by atoms with van der Waals surface area (Å²) in [5.41, 5.74) is 6.73. The van der Waals surface area contributed by atoms with Crippen LogP contribution in [0.4, 0.5) is 11.8 Å². The molecule has 10 nitrogen and oxygen atoms in total. The van der Waals surface area contributed by atoms with Crippen LogP contribution in [0.2, 0.25) is 0 Å². The maximum absolute atomic E-state index is 13.1. The van der Waals surface area contributed by atoms with E-state index in [1.807, 2.05) is 43.3 Å². The third-order valence-electron chi connectivity index (χ3n) is 5.89. The van der Waals surface area contributed by atoms with Crippen molar-refractivity contribution in [2.45, 2.75) is 13.5 Å². The van der Waals surface area contributed by atoms with Crippen molar-refractivity contribution in [1.29, 1.82) is 0 Å².